The number of hydrogen-bond acceptors (Lipinski definition) is 2. The van der Waals surface area contributed by atoms with Crippen LogP contribution in [0.15, 0.2) is 0 Å². The molecule has 0 aliphatic carbocycles. The van der Waals surface area contributed by atoms with Gasteiger partial charge in [0.15, 0.2) is 0 Å². The minimum atomic E-state index is -0.761. The molecule has 1 N–H and O–H groups in total. The van der Waals surface area contributed by atoms with Crippen molar-refractivity contribution in [3.05, 3.63) is 0 Å². The second-order valence-corrected chi connectivity index (χ2v) is 2.77. The lowest BCUT2D eigenvalue weighted by Crippen LogP contribution is -2.06. The lowest BCUT2D eigenvalue weighted by atomic mass is 10.2. The van der Waals surface area contributed by atoms with Crippen molar-refractivity contribution >= 4 is 18.6 Å². The van der Waals surface area contributed by atoms with Crippen molar-refractivity contribution in [3.8, 4) is 0 Å². The topological polar surface area (TPSA) is 37.3 Å². The van der Waals surface area contributed by atoms with Gasteiger partial charge in [0.1, 0.15) is 0 Å². The van der Waals surface area contributed by atoms with Crippen LogP contribution in [0.4, 0.5) is 0 Å². The van der Waals surface area contributed by atoms with E-state index >= 15 is 0 Å². The Bertz CT molecular complexity index is 93.1. The summed E-state index contributed by atoms with van der Waals surface area (Å²) in [6.07, 6.45) is 2.06. The standard InChI is InChI=1S/C6H12O2S/c1-2-3-5(9)4-6(7)8/h5,9H,2-4H2,1H3,(H,7,8)/t5-/m0/s1. The summed E-state index contributed by atoms with van der Waals surface area (Å²) in [6, 6.07) is 0. The molecular weight excluding hydrogens is 136 g/mol. The summed E-state index contributed by atoms with van der Waals surface area (Å²) in [5.74, 6) is -0.761. The summed E-state index contributed by atoms with van der Waals surface area (Å²) < 4.78 is 0. The number of thiol groups is 1. The van der Waals surface area contributed by atoms with Gasteiger partial charge < -0.3 is 5.11 Å². The van der Waals surface area contributed by atoms with Gasteiger partial charge in [-0.25, -0.2) is 0 Å². The van der Waals surface area contributed by atoms with Crippen LogP contribution in [0.1, 0.15) is 26.2 Å². The molecule has 0 aliphatic heterocycles. The second-order valence-electron chi connectivity index (χ2n) is 2.04. The number of carboxylic acids is 1. The zero-order valence-corrected chi connectivity index (χ0v) is 6.40. The summed E-state index contributed by atoms with van der Waals surface area (Å²) >= 11 is 4.07. The van der Waals surface area contributed by atoms with Crippen molar-refractivity contribution in [1.82, 2.24) is 0 Å². The average molecular weight is 148 g/mol. The van der Waals surface area contributed by atoms with Crippen LogP contribution in [0.25, 0.3) is 0 Å². The molecule has 0 aromatic heterocycles. The fraction of sp³-hybridized carbons (Fsp3) is 0.833. The highest BCUT2D eigenvalue weighted by molar-refractivity contribution is 7.81. The van der Waals surface area contributed by atoms with E-state index in [0.717, 1.165) is 12.8 Å². The fourth-order valence-electron chi connectivity index (χ4n) is 0.637. The molecule has 0 spiro atoms. The molecule has 0 rings (SSSR count). The third-order valence-electron chi connectivity index (χ3n) is 1.03. The summed E-state index contributed by atoms with van der Waals surface area (Å²) in [7, 11) is 0. The number of hydrogen-bond donors (Lipinski definition) is 2. The highest BCUT2D eigenvalue weighted by Crippen LogP contribution is 2.07. The molecule has 0 saturated heterocycles. The molecule has 0 heterocycles. The Labute approximate surface area is 60.7 Å². The monoisotopic (exact) mass is 148 g/mol. The Morgan fingerprint density at radius 1 is 1.78 bits per heavy atom. The molecule has 0 radical (unpaired) electrons. The minimum absolute atomic E-state index is 0.0347. The lowest BCUT2D eigenvalue weighted by molar-refractivity contribution is -0.136. The van der Waals surface area contributed by atoms with E-state index in [1.807, 2.05) is 6.92 Å². The maximum atomic E-state index is 10.0. The number of carboxylic acid groups (broad SMARTS) is 1. The van der Waals surface area contributed by atoms with Crippen LogP contribution >= 0.6 is 12.6 Å². The van der Waals surface area contributed by atoms with Crippen molar-refractivity contribution in [2.75, 3.05) is 0 Å². The van der Waals surface area contributed by atoms with Crippen LogP contribution in [0, 0.1) is 0 Å². The Morgan fingerprint density at radius 2 is 2.33 bits per heavy atom. The van der Waals surface area contributed by atoms with Gasteiger partial charge in [0.2, 0.25) is 0 Å². The van der Waals surface area contributed by atoms with E-state index in [1.54, 1.807) is 0 Å². The van der Waals surface area contributed by atoms with Crippen LogP contribution < -0.4 is 0 Å². The maximum absolute atomic E-state index is 10.0. The van der Waals surface area contributed by atoms with Gasteiger partial charge in [-0.3, -0.25) is 4.79 Å². The number of aliphatic carboxylic acids is 1. The van der Waals surface area contributed by atoms with E-state index in [1.165, 1.54) is 0 Å². The van der Waals surface area contributed by atoms with Crippen molar-refractivity contribution in [3.63, 3.8) is 0 Å². The predicted octanol–water partition coefficient (Wildman–Crippen LogP) is 1.56. The highest BCUT2D eigenvalue weighted by atomic mass is 32.1. The summed E-state index contributed by atoms with van der Waals surface area (Å²) in [6.45, 7) is 2.02. The third kappa shape index (κ3) is 5.69. The molecule has 0 aromatic carbocycles. The Kier molecular flexibility index (Phi) is 4.58. The minimum Gasteiger partial charge on any atom is -0.481 e. The molecule has 0 fully saturated rings. The van der Waals surface area contributed by atoms with E-state index in [0.29, 0.717) is 0 Å². The largest absolute Gasteiger partial charge is 0.481 e. The first-order valence-corrected chi connectivity index (χ1v) is 3.58. The molecule has 1 atom stereocenters. The van der Waals surface area contributed by atoms with E-state index in [9.17, 15) is 4.79 Å². The highest BCUT2D eigenvalue weighted by Gasteiger charge is 2.05. The quantitative estimate of drug-likeness (QED) is 0.594. The molecule has 0 bridgehead atoms. The molecule has 9 heavy (non-hydrogen) atoms. The van der Waals surface area contributed by atoms with Crippen LogP contribution in [-0.4, -0.2) is 16.3 Å². The van der Waals surface area contributed by atoms with E-state index in [4.69, 9.17) is 5.11 Å². The molecule has 0 unspecified atom stereocenters. The van der Waals surface area contributed by atoms with Gasteiger partial charge in [0.05, 0.1) is 6.42 Å². The first-order valence-electron chi connectivity index (χ1n) is 3.06. The van der Waals surface area contributed by atoms with Gasteiger partial charge in [0, 0.05) is 5.25 Å². The van der Waals surface area contributed by atoms with Crippen molar-refractivity contribution in [2.45, 2.75) is 31.4 Å². The third-order valence-corrected chi connectivity index (χ3v) is 1.47. The second kappa shape index (κ2) is 4.68. The normalized spacial score (nSPS) is 13.1. The zero-order chi connectivity index (χ0) is 7.28. The van der Waals surface area contributed by atoms with Gasteiger partial charge in [-0.1, -0.05) is 13.3 Å². The molecule has 0 saturated carbocycles. The first kappa shape index (κ1) is 8.82. The lowest BCUT2D eigenvalue weighted by Gasteiger charge is -2.03. The van der Waals surface area contributed by atoms with Crippen molar-refractivity contribution in [2.24, 2.45) is 0 Å². The fourth-order valence-corrected chi connectivity index (χ4v) is 1.05. The molecular formula is C6H12O2S. The maximum Gasteiger partial charge on any atom is 0.304 e. The zero-order valence-electron chi connectivity index (χ0n) is 5.50. The van der Waals surface area contributed by atoms with Crippen molar-refractivity contribution in [1.29, 1.82) is 0 Å². The van der Waals surface area contributed by atoms with Gasteiger partial charge in [-0.15, -0.1) is 0 Å². The molecule has 3 heteroatoms. The van der Waals surface area contributed by atoms with Crippen LogP contribution in [0.5, 0.6) is 0 Å². The summed E-state index contributed by atoms with van der Waals surface area (Å²) in [5.41, 5.74) is 0. The predicted molar refractivity (Wildman–Crippen MR) is 39.9 cm³/mol. The van der Waals surface area contributed by atoms with E-state index in [-0.39, 0.29) is 11.7 Å². The van der Waals surface area contributed by atoms with E-state index < -0.39 is 5.97 Å². The van der Waals surface area contributed by atoms with Crippen LogP contribution in [-0.2, 0) is 4.79 Å². The smallest absolute Gasteiger partial charge is 0.304 e. The van der Waals surface area contributed by atoms with Crippen LogP contribution in [0.2, 0.25) is 0 Å². The average Bonchev–Trinajstić information content (AvgIpc) is 1.63. The number of rotatable bonds is 4. The summed E-state index contributed by atoms with van der Waals surface area (Å²) in [5, 5.41) is 8.30. The Hall–Kier alpha value is -0.180. The van der Waals surface area contributed by atoms with E-state index in [2.05, 4.69) is 12.6 Å². The molecule has 0 aliphatic rings. The summed E-state index contributed by atoms with van der Waals surface area (Å²) in [4.78, 5) is 10.0. The number of carbonyl (C=O) groups is 1. The Balaban J connectivity index is 3.26. The van der Waals surface area contributed by atoms with Gasteiger partial charge in [-0.2, -0.15) is 12.6 Å². The Morgan fingerprint density at radius 3 is 2.67 bits per heavy atom. The SMILES string of the molecule is CCC[C@H](S)CC(=O)O. The molecule has 0 aromatic rings. The van der Waals surface area contributed by atoms with Gasteiger partial charge in [0.25, 0.3) is 0 Å². The van der Waals surface area contributed by atoms with Gasteiger partial charge >= 0.3 is 5.97 Å². The van der Waals surface area contributed by atoms with Crippen LogP contribution in [0.3, 0.4) is 0 Å². The molecule has 0 amide bonds. The van der Waals surface area contributed by atoms with Gasteiger partial charge in [-0.05, 0) is 6.42 Å². The molecule has 2 nitrogen and oxygen atoms in total. The molecule has 54 valence electrons. The van der Waals surface area contributed by atoms with Crippen molar-refractivity contribution < 1.29 is 9.90 Å². The first-order chi connectivity index (χ1) is 4.16.